The predicted octanol–water partition coefficient (Wildman–Crippen LogP) is 6.53. The molecule has 2 heteroatoms. The van der Waals surface area contributed by atoms with E-state index in [2.05, 4.69) is 91.6 Å². The van der Waals surface area contributed by atoms with Gasteiger partial charge in [-0.15, -0.1) is 0 Å². The maximum atomic E-state index is 4.95. The number of imidazole rings is 1. The van der Waals surface area contributed by atoms with Gasteiger partial charge in [0.1, 0.15) is 5.82 Å². The minimum Gasteiger partial charge on any atom is -0.337 e. The zero-order valence-corrected chi connectivity index (χ0v) is 15.1. The molecule has 0 amide bonds. The molecule has 0 fully saturated rings. The molecule has 0 aliphatic heterocycles. The Morgan fingerprint density at radius 3 is 1.81 bits per heavy atom. The first-order chi connectivity index (χ1) is 12.7. The van der Waals surface area contributed by atoms with Crippen molar-refractivity contribution < 1.29 is 0 Å². The van der Waals surface area contributed by atoms with Crippen molar-refractivity contribution in [1.29, 1.82) is 0 Å². The van der Waals surface area contributed by atoms with Gasteiger partial charge in [-0.2, -0.15) is 0 Å². The molecule has 1 N–H and O–H groups in total. The van der Waals surface area contributed by atoms with Crippen LogP contribution in [-0.4, -0.2) is 9.97 Å². The van der Waals surface area contributed by atoms with Gasteiger partial charge >= 0.3 is 0 Å². The highest BCUT2D eigenvalue weighted by molar-refractivity contribution is 5.81. The number of nitrogens with zero attached hydrogens (tertiary/aromatic N) is 1. The van der Waals surface area contributed by atoms with Crippen molar-refractivity contribution in [1.82, 2.24) is 9.97 Å². The van der Waals surface area contributed by atoms with E-state index in [-0.39, 0.29) is 0 Å². The Bertz CT molecular complexity index is 925. The van der Waals surface area contributed by atoms with Gasteiger partial charge in [0.05, 0.1) is 11.4 Å². The van der Waals surface area contributed by atoms with Gasteiger partial charge in [-0.1, -0.05) is 98.8 Å². The summed E-state index contributed by atoms with van der Waals surface area (Å²) in [5.74, 6) is 1.43. The number of benzene rings is 3. The largest absolute Gasteiger partial charge is 0.337 e. The van der Waals surface area contributed by atoms with Gasteiger partial charge < -0.3 is 4.98 Å². The van der Waals surface area contributed by atoms with Crippen LogP contribution < -0.4 is 0 Å². The Balaban J connectivity index is 1.83. The highest BCUT2D eigenvalue weighted by Gasteiger charge is 2.15. The van der Waals surface area contributed by atoms with Crippen LogP contribution in [0.1, 0.15) is 25.3 Å². The maximum absolute atomic E-state index is 4.95. The Labute approximate surface area is 154 Å². The fraction of sp³-hybridized carbons (Fsp3) is 0.125. The first-order valence-electron chi connectivity index (χ1n) is 9.03. The molecular formula is C24H22N2. The molecule has 3 aromatic carbocycles. The molecule has 1 heterocycles. The van der Waals surface area contributed by atoms with Crippen LogP contribution in [0.3, 0.4) is 0 Å². The fourth-order valence-corrected chi connectivity index (χ4v) is 3.15. The monoisotopic (exact) mass is 338 g/mol. The van der Waals surface area contributed by atoms with Crippen LogP contribution >= 0.6 is 0 Å². The summed E-state index contributed by atoms with van der Waals surface area (Å²) < 4.78 is 0. The molecule has 0 aliphatic rings. The third kappa shape index (κ3) is 3.18. The van der Waals surface area contributed by atoms with Gasteiger partial charge in [-0.3, -0.25) is 0 Å². The molecular weight excluding hydrogens is 316 g/mol. The molecule has 0 unspecified atom stereocenters. The van der Waals surface area contributed by atoms with E-state index in [4.69, 9.17) is 4.98 Å². The summed E-state index contributed by atoms with van der Waals surface area (Å²) in [4.78, 5) is 8.50. The number of nitrogens with one attached hydrogen (secondary N) is 1. The Kier molecular flexibility index (Phi) is 4.40. The molecule has 128 valence electrons. The molecule has 0 atom stereocenters. The Morgan fingerprint density at radius 2 is 1.23 bits per heavy atom. The normalized spacial score (nSPS) is 11.0. The van der Waals surface area contributed by atoms with E-state index in [0.717, 1.165) is 33.9 Å². The molecule has 26 heavy (non-hydrogen) atoms. The Hall–Kier alpha value is -3.13. The molecule has 0 spiro atoms. The van der Waals surface area contributed by atoms with Crippen molar-refractivity contribution in [2.24, 2.45) is 0 Å². The van der Waals surface area contributed by atoms with E-state index in [9.17, 15) is 0 Å². The summed E-state index contributed by atoms with van der Waals surface area (Å²) in [6.07, 6.45) is 0. The number of hydrogen-bond donors (Lipinski definition) is 1. The van der Waals surface area contributed by atoms with Crippen LogP contribution in [0, 0.1) is 0 Å². The van der Waals surface area contributed by atoms with Crippen LogP contribution in [0.2, 0.25) is 0 Å². The second kappa shape index (κ2) is 7.01. The quantitative estimate of drug-likeness (QED) is 0.450. The maximum Gasteiger partial charge on any atom is 0.138 e. The molecule has 0 saturated carbocycles. The second-order valence-electron chi connectivity index (χ2n) is 6.82. The highest BCUT2D eigenvalue weighted by atomic mass is 14.9. The average Bonchev–Trinajstić information content (AvgIpc) is 3.15. The van der Waals surface area contributed by atoms with Crippen molar-refractivity contribution in [3.8, 4) is 33.9 Å². The summed E-state index contributed by atoms with van der Waals surface area (Å²) in [5, 5.41) is 0. The number of hydrogen-bond acceptors (Lipinski definition) is 1. The van der Waals surface area contributed by atoms with Crippen LogP contribution in [0.25, 0.3) is 33.9 Å². The molecule has 0 aliphatic carbocycles. The van der Waals surface area contributed by atoms with Crippen LogP contribution in [0.5, 0.6) is 0 Å². The lowest BCUT2D eigenvalue weighted by Crippen LogP contribution is -1.87. The molecule has 2 nitrogen and oxygen atoms in total. The summed E-state index contributed by atoms with van der Waals surface area (Å²) in [6.45, 7) is 4.42. The first kappa shape index (κ1) is 16.3. The van der Waals surface area contributed by atoms with Crippen LogP contribution in [0.4, 0.5) is 0 Å². The van der Waals surface area contributed by atoms with Crippen molar-refractivity contribution in [3.05, 3.63) is 90.5 Å². The minimum atomic E-state index is 0.528. The zero-order chi connectivity index (χ0) is 17.9. The zero-order valence-electron chi connectivity index (χ0n) is 15.1. The highest BCUT2D eigenvalue weighted by Crippen LogP contribution is 2.33. The van der Waals surface area contributed by atoms with Gasteiger partial charge in [0.2, 0.25) is 0 Å². The molecule has 1 aromatic heterocycles. The SMILES string of the molecule is CC(C)c1ccc(-c2nc(-c3ccccc3)c(-c3ccccc3)[nH]2)cc1. The standard InChI is InChI=1S/C24H22N2/c1-17(2)18-13-15-21(16-14-18)24-25-22(19-9-5-3-6-10-19)23(26-24)20-11-7-4-8-12-20/h3-17H,1-2H3,(H,25,26). The minimum absolute atomic E-state index is 0.528. The van der Waals surface area contributed by atoms with E-state index in [1.807, 2.05) is 12.1 Å². The number of aromatic amines is 1. The van der Waals surface area contributed by atoms with Gasteiger partial charge in [0.15, 0.2) is 0 Å². The van der Waals surface area contributed by atoms with Gasteiger partial charge in [0, 0.05) is 16.7 Å². The van der Waals surface area contributed by atoms with Crippen molar-refractivity contribution in [3.63, 3.8) is 0 Å². The van der Waals surface area contributed by atoms with E-state index < -0.39 is 0 Å². The van der Waals surface area contributed by atoms with Gasteiger partial charge in [-0.25, -0.2) is 4.98 Å². The summed E-state index contributed by atoms with van der Waals surface area (Å²) in [6, 6.07) is 29.4. The number of H-pyrrole nitrogens is 1. The number of rotatable bonds is 4. The molecule has 0 radical (unpaired) electrons. The van der Waals surface area contributed by atoms with Gasteiger partial charge in [-0.05, 0) is 11.5 Å². The third-order valence-corrected chi connectivity index (χ3v) is 4.66. The Morgan fingerprint density at radius 1 is 0.654 bits per heavy atom. The molecule has 0 saturated heterocycles. The van der Waals surface area contributed by atoms with Crippen molar-refractivity contribution >= 4 is 0 Å². The van der Waals surface area contributed by atoms with Crippen molar-refractivity contribution in [2.75, 3.05) is 0 Å². The smallest absolute Gasteiger partial charge is 0.138 e. The fourth-order valence-electron chi connectivity index (χ4n) is 3.15. The summed E-state index contributed by atoms with van der Waals surface area (Å²) in [7, 11) is 0. The lowest BCUT2D eigenvalue weighted by atomic mass is 10.0. The van der Waals surface area contributed by atoms with Crippen LogP contribution in [0.15, 0.2) is 84.9 Å². The number of aromatic nitrogens is 2. The van der Waals surface area contributed by atoms with E-state index in [0.29, 0.717) is 5.92 Å². The average molecular weight is 338 g/mol. The third-order valence-electron chi connectivity index (χ3n) is 4.66. The lowest BCUT2D eigenvalue weighted by molar-refractivity contribution is 0.867. The lowest BCUT2D eigenvalue weighted by Gasteiger charge is -2.05. The van der Waals surface area contributed by atoms with Crippen molar-refractivity contribution in [2.45, 2.75) is 19.8 Å². The van der Waals surface area contributed by atoms with Crippen LogP contribution in [-0.2, 0) is 0 Å². The predicted molar refractivity (Wildman–Crippen MR) is 109 cm³/mol. The van der Waals surface area contributed by atoms with E-state index >= 15 is 0 Å². The van der Waals surface area contributed by atoms with Gasteiger partial charge in [0.25, 0.3) is 0 Å². The van der Waals surface area contributed by atoms with E-state index in [1.165, 1.54) is 5.56 Å². The summed E-state index contributed by atoms with van der Waals surface area (Å²) >= 11 is 0. The second-order valence-corrected chi connectivity index (χ2v) is 6.82. The first-order valence-corrected chi connectivity index (χ1v) is 9.03. The molecule has 0 bridgehead atoms. The van der Waals surface area contributed by atoms with E-state index in [1.54, 1.807) is 0 Å². The topological polar surface area (TPSA) is 28.7 Å². The summed E-state index contributed by atoms with van der Waals surface area (Å²) in [5.41, 5.74) is 6.75. The molecule has 4 rings (SSSR count). The molecule has 4 aromatic rings.